The van der Waals surface area contributed by atoms with E-state index in [2.05, 4.69) is 22.0 Å². The molecule has 0 N–H and O–H groups in total. The Hall–Kier alpha value is -3.61. The Balaban J connectivity index is 1.42. The van der Waals surface area contributed by atoms with Gasteiger partial charge in [0.1, 0.15) is 11.5 Å². The minimum Gasteiger partial charge on any atom is -0.497 e. The third kappa shape index (κ3) is 4.92. The second-order valence-electron chi connectivity index (χ2n) is 8.03. The first-order valence-corrected chi connectivity index (χ1v) is 11.3. The highest BCUT2D eigenvalue weighted by Crippen LogP contribution is 2.32. The Morgan fingerprint density at radius 3 is 2.30 bits per heavy atom. The average molecular weight is 447 g/mol. The largest absolute Gasteiger partial charge is 0.497 e. The lowest BCUT2D eigenvalue weighted by Gasteiger charge is -2.36. The molecule has 1 aromatic heterocycles. The normalized spacial score (nSPS) is 14.6. The molecule has 0 aliphatic carbocycles. The first-order valence-electron chi connectivity index (χ1n) is 11.3. The molecule has 1 atom stereocenters. The predicted molar refractivity (Wildman–Crippen MR) is 129 cm³/mol. The SMILES string of the molecule is CCC(C(=O)N1CCN(c2ccc(-c3cc(OC)ccc3OC)nn2)CC1)c1ccccc1. The van der Waals surface area contributed by atoms with Gasteiger partial charge in [-0.3, -0.25) is 4.79 Å². The fourth-order valence-corrected chi connectivity index (χ4v) is 4.27. The van der Waals surface area contributed by atoms with Crippen molar-refractivity contribution in [1.82, 2.24) is 15.1 Å². The van der Waals surface area contributed by atoms with E-state index >= 15 is 0 Å². The van der Waals surface area contributed by atoms with Crippen molar-refractivity contribution in [1.29, 1.82) is 0 Å². The van der Waals surface area contributed by atoms with Crippen LogP contribution < -0.4 is 14.4 Å². The third-order valence-electron chi connectivity index (χ3n) is 6.16. The zero-order valence-corrected chi connectivity index (χ0v) is 19.4. The van der Waals surface area contributed by atoms with Gasteiger partial charge in [-0.1, -0.05) is 37.3 Å². The molecule has 7 nitrogen and oxygen atoms in total. The summed E-state index contributed by atoms with van der Waals surface area (Å²) in [6.07, 6.45) is 0.795. The van der Waals surface area contributed by atoms with Gasteiger partial charge < -0.3 is 19.3 Å². The summed E-state index contributed by atoms with van der Waals surface area (Å²) in [6.45, 7) is 4.88. The monoisotopic (exact) mass is 446 g/mol. The van der Waals surface area contributed by atoms with Gasteiger partial charge >= 0.3 is 0 Å². The van der Waals surface area contributed by atoms with Crippen LogP contribution in [0.3, 0.4) is 0 Å². The van der Waals surface area contributed by atoms with Crippen molar-refractivity contribution in [2.24, 2.45) is 0 Å². The lowest BCUT2D eigenvalue weighted by molar-refractivity contribution is -0.133. The fourth-order valence-electron chi connectivity index (χ4n) is 4.27. The topological polar surface area (TPSA) is 67.8 Å². The van der Waals surface area contributed by atoms with Gasteiger partial charge in [0, 0.05) is 31.7 Å². The summed E-state index contributed by atoms with van der Waals surface area (Å²) in [5.74, 6) is 2.37. The summed E-state index contributed by atoms with van der Waals surface area (Å²) >= 11 is 0. The van der Waals surface area contributed by atoms with E-state index in [9.17, 15) is 4.79 Å². The van der Waals surface area contributed by atoms with Gasteiger partial charge in [0.05, 0.1) is 25.8 Å². The number of carbonyl (C=O) groups is 1. The van der Waals surface area contributed by atoms with Gasteiger partial charge in [-0.15, -0.1) is 10.2 Å². The Bertz CT molecular complexity index is 1060. The molecule has 1 aliphatic rings. The fraction of sp³-hybridized carbons (Fsp3) is 0.346. The molecule has 1 fully saturated rings. The van der Waals surface area contributed by atoms with Crippen LogP contribution in [0.2, 0.25) is 0 Å². The molecule has 1 amide bonds. The molecule has 1 unspecified atom stereocenters. The third-order valence-corrected chi connectivity index (χ3v) is 6.16. The number of carbonyl (C=O) groups excluding carboxylic acids is 1. The van der Waals surface area contributed by atoms with Gasteiger partial charge in [-0.05, 0) is 42.3 Å². The van der Waals surface area contributed by atoms with Crippen molar-refractivity contribution >= 4 is 11.7 Å². The first-order chi connectivity index (χ1) is 16.1. The molecule has 2 aromatic carbocycles. The summed E-state index contributed by atoms with van der Waals surface area (Å²) in [7, 11) is 3.27. The molecule has 33 heavy (non-hydrogen) atoms. The van der Waals surface area contributed by atoms with Crippen LogP contribution in [0, 0.1) is 0 Å². The number of nitrogens with zero attached hydrogens (tertiary/aromatic N) is 4. The van der Waals surface area contributed by atoms with Crippen LogP contribution in [0.5, 0.6) is 11.5 Å². The van der Waals surface area contributed by atoms with Crippen LogP contribution in [0.1, 0.15) is 24.8 Å². The zero-order chi connectivity index (χ0) is 23.2. The van der Waals surface area contributed by atoms with Crippen molar-refractivity contribution < 1.29 is 14.3 Å². The van der Waals surface area contributed by atoms with E-state index < -0.39 is 0 Å². The van der Waals surface area contributed by atoms with E-state index in [4.69, 9.17) is 9.47 Å². The van der Waals surface area contributed by atoms with Crippen molar-refractivity contribution in [3.8, 4) is 22.8 Å². The second-order valence-corrected chi connectivity index (χ2v) is 8.03. The smallest absolute Gasteiger partial charge is 0.230 e. The number of methoxy groups -OCH3 is 2. The molecule has 0 radical (unpaired) electrons. The number of benzene rings is 2. The number of piperazine rings is 1. The summed E-state index contributed by atoms with van der Waals surface area (Å²) in [4.78, 5) is 17.3. The van der Waals surface area contributed by atoms with Crippen LogP contribution in [0.25, 0.3) is 11.3 Å². The van der Waals surface area contributed by atoms with Gasteiger partial charge in [0.2, 0.25) is 5.91 Å². The molecule has 1 aliphatic heterocycles. The molecule has 172 valence electrons. The average Bonchev–Trinajstić information content (AvgIpc) is 2.89. The lowest BCUT2D eigenvalue weighted by atomic mass is 9.95. The van der Waals surface area contributed by atoms with E-state index in [0.717, 1.165) is 47.9 Å². The number of amides is 1. The molecular formula is C26H30N4O3. The molecule has 0 saturated carbocycles. The van der Waals surface area contributed by atoms with E-state index in [1.165, 1.54) is 0 Å². The zero-order valence-electron chi connectivity index (χ0n) is 19.4. The molecule has 7 heteroatoms. The van der Waals surface area contributed by atoms with E-state index in [1.54, 1.807) is 14.2 Å². The summed E-state index contributed by atoms with van der Waals surface area (Å²) in [5, 5.41) is 8.89. The number of hydrogen-bond acceptors (Lipinski definition) is 6. The Labute approximate surface area is 195 Å². The highest BCUT2D eigenvalue weighted by Gasteiger charge is 2.28. The summed E-state index contributed by atoms with van der Waals surface area (Å²) in [6, 6.07) is 19.6. The quantitative estimate of drug-likeness (QED) is 0.546. The predicted octanol–water partition coefficient (Wildman–Crippen LogP) is 4.00. The van der Waals surface area contributed by atoms with Crippen LogP contribution in [-0.2, 0) is 4.79 Å². The molecule has 3 aromatic rings. The van der Waals surface area contributed by atoms with Crippen LogP contribution >= 0.6 is 0 Å². The van der Waals surface area contributed by atoms with Crippen molar-refractivity contribution in [2.45, 2.75) is 19.3 Å². The number of ether oxygens (including phenoxy) is 2. The maximum atomic E-state index is 13.1. The number of rotatable bonds is 7. The van der Waals surface area contributed by atoms with Gasteiger partial charge in [-0.2, -0.15) is 0 Å². The van der Waals surface area contributed by atoms with Crippen LogP contribution in [0.4, 0.5) is 5.82 Å². The van der Waals surface area contributed by atoms with Crippen LogP contribution in [-0.4, -0.2) is 61.4 Å². The standard InChI is InChI=1S/C26H30N4O3/c1-4-21(19-8-6-5-7-9-19)26(31)30-16-14-29(15-17-30)25-13-11-23(27-28-25)22-18-20(32-2)10-12-24(22)33-3/h5-13,18,21H,4,14-17H2,1-3H3. The highest BCUT2D eigenvalue weighted by molar-refractivity contribution is 5.84. The lowest BCUT2D eigenvalue weighted by Crippen LogP contribution is -2.50. The first kappa shape index (κ1) is 22.6. The highest BCUT2D eigenvalue weighted by atomic mass is 16.5. The van der Waals surface area contributed by atoms with Crippen molar-refractivity contribution in [3.63, 3.8) is 0 Å². The molecule has 2 heterocycles. The minimum atomic E-state index is -0.0883. The second kappa shape index (κ2) is 10.3. The molecule has 0 bridgehead atoms. The van der Waals surface area contributed by atoms with E-state index in [-0.39, 0.29) is 11.8 Å². The maximum absolute atomic E-state index is 13.1. The number of hydrogen-bond donors (Lipinski definition) is 0. The number of aromatic nitrogens is 2. The summed E-state index contributed by atoms with van der Waals surface area (Å²) < 4.78 is 10.8. The van der Waals surface area contributed by atoms with Crippen molar-refractivity contribution in [3.05, 3.63) is 66.2 Å². The molecule has 1 saturated heterocycles. The Morgan fingerprint density at radius 2 is 1.70 bits per heavy atom. The molecule has 0 spiro atoms. The van der Waals surface area contributed by atoms with E-state index in [1.807, 2.05) is 65.6 Å². The Kier molecular flexibility index (Phi) is 7.07. The van der Waals surface area contributed by atoms with Gasteiger partial charge in [0.25, 0.3) is 0 Å². The number of anilines is 1. The van der Waals surface area contributed by atoms with Gasteiger partial charge in [0.15, 0.2) is 5.82 Å². The minimum absolute atomic E-state index is 0.0883. The summed E-state index contributed by atoms with van der Waals surface area (Å²) in [5.41, 5.74) is 2.64. The van der Waals surface area contributed by atoms with Crippen LogP contribution in [0.15, 0.2) is 60.7 Å². The van der Waals surface area contributed by atoms with E-state index in [0.29, 0.717) is 18.8 Å². The van der Waals surface area contributed by atoms with Crippen molar-refractivity contribution in [2.75, 3.05) is 45.3 Å². The van der Waals surface area contributed by atoms with Gasteiger partial charge in [-0.25, -0.2) is 0 Å². The molecular weight excluding hydrogens is 416 g/mol. The maximum Gasteiger partial charge on any atom is 0.230 e. The molecule has 4 rings (SSSR count). The Morgan fingerprint density at radius 1 is 0.939 bits per heavy atom.